The third-order valence-corrected chi connectivity index (χ3v) is 4.39. The lowest BCUT2D eigenvalue weighted by molar-refractivity contribution is -0.139. The number of halogens is 1. The average molecular weight is 416 g/mol. The number of nitrogens with zero attached hydrogens (tertiary/aromatic N) is 2. The molecule has 29 heavy (non-hydrogen) atoms. The first kappa shape index (κ1) is 20.7. The maximum Gasteiger partial charge on any atom is 0.408 e. The van der Waals surface area contributed by atoms with Gasteiger partial charge in [0.15, 0.2) is 0 Å². The zero-order chi connectivity index (χ0) is 21.2. The first-order valence-corrected chi connectivity index (χ1v) is 9.46. The van der Waals surface area contributed by atoms with E-state index < -0.39 is 23.7 Å². The molecule has 0 spiro atoms. The van der Waals surface area contributed by atoms with E-state index in [1.165, 1.54) is 0 Å². The molecule has 1 aromatic carbocycles. The van der Waals surface area contributed by atoms with E-state index in [1.807, 2.05) is 40.9 Å². The topological polar surface area (TPSA) is 92.9 Å². The number of carbonyl (C=O) groups is 2. The number of aromatic nitrogens is 2. The number of pyridine rings is 1. The highest BCUT2D eigenvalue weighted by Gasteiger charge is 2.27. The Hall–Kier alpha value is -3.06. The standard InChI is InChI=1S/C21H22ClN3O4/c1-21(2,3)29-20(28)23-15(19(26)27)12-16-18(13-7-9-14(22)10-8-13)24-17-6-4-5-11-25(16)17/h4-11,15H,12H2,1-3H3,(H,23,28)(H,26,27). The van der Waals surface area contributed by atoms with Gasteiger partial charge in [-0.15, -0.1) is 0 Å². The van der Waals surface area contributed by atoms with E-state index in [2.05, 4.69) is 10.3 Å². The van der Waals surface area contributed by atoms with Crippen LogP contribution in [0.3, 0.4) is 0 Å². The van der Waals surface area contributed by atoms with Gasteiger partial charge >= 0.3 is 12.1 Å². The normalized spacial score (nSPS) is 12.6. The van der Waals surface area contributed by atoms with Crippen molar-refractivity contribution in [3.63, 3.8) is 0 Å². The molecule has 0 saturated heterocycles. The maximum absolute atomic E-state index is 12.1. The van der Waals surface area contributed by atoms with Gasteiger partial charge in [-0.3, -0.25) is 0 Å². The van der Waals surface area contributed by atoms with Crippen LogP contribution in [0.2, 0.25) is 5.02 Å². The summed E-state index contributed by atoms with van der Waals surface area (Å²) in [7, 11) is 0. The number of aliphatic carboxylic acids is 1. The van der Waals surface area contributed by atoms with Crippen LogP contribution in [0.25, 0.3) is 16.9 Å². The number of imidazole rings is 1. The molecule has 2 aromatic heterocycles. The Kier molecular flexibility index (Phi) is 5.79. The fourth-order valence-corrected chi connectivity index (χ4v) is 3.05. The number of nitrogens with one attached hydrogen (secondary N) is 1. The summed E-state index contributed by atoms with van der Waals surface area (Å²) >= 11 is 5.99. The average Bonchev–Trinajstić information content (AvgIpc) is 2.99. The van der Waals surface area contributed by atoms with Crippen LogP contribution >= 0.6 is 11.6 Å². The van der Waals surface area contributed by atoms with Crippen molar-refractivity contribution in [1.29, 1.82) is 0 Å². The van der Waals surface area contributed by atoms with Crippen molar-refractivity contribution in [3.05, 3.63) is 59.4 Å². The summed E-state index contributed by atoms with van der Waals surface area (Å²) in [5.74, 6) is -1.16. The van der Waals surface area contributed by atoms with Gasteiger partial charge in [0.25, 0.3) is 0 Å². The van der Waals surface area contributed by atoms with Crippen molar-refractivity contribution < 1.29 is 19.4 Å². The third-order valence-electron chi connectivity index (χ3n) is 4.13. The number of amides is 1. The van der Waals surface area contributed by atoms with Crippen LogP contribution in [0.5, 0.6) is 0 Å². The first-order chi connectivity index (χ1) is 13.6. The number of ether oxygens (including phenoxy) is 1. The number of carboxylic acids is 1. The van der Waals surface area contributed by atoms with Crippen LogP contribution in [-0.4, -0.2) is 38.2 Å². The van der Waals surface area contributed by atoms with Crippen LogP contribution in [0, 0.1) is 0 Å². The molecule has 2 heterocycles. The van der Waals surface area contributed by atoms with E-state index in [1.54, 1.807) is 32.9 Å². The zero-order valence-electron chi connectivity index (χ0n) is 16.3. The molecule has 0 bridgehead atoms. The summed E-state index contributed by atoms with van der Waals surface area (Å²) in [5, 5.41) is 12.7. The van der Waals surface area contributed by atoms with E-state index >= 15 is 0 Å². The maximum atomic E-state index is 12.1. The van der Waals surface area contributed by atoms with Crippen molar-refractivity contribution in [3.8, 4) is 11.3 Å². The summed E-state index contributed by atoms with van der Waals surface area (Å²) < 4.78 is 7.02. The highest BCUT2D eigenvalue weighted by molar-refractivity contribution is 6.30. The van der Waals surface area contributed by atoms with Gasteiger partial charge in [-0.05, 0) is 45.0 Å². The smallest absolute Gasteiger partial charge is 0.408 e. The number of fused-ring (bicyclic) bond motifs is 1. The number of carboxylic acid groups (broad SMARTS) is 1. The summed E-state index contributed by atoms with van der Waals surface area (Å²) in [6.07, 6.45) is 1.05. The quantitative estimate of drug-likeness (QED) is 0.652. The molecule has 152 valence electrons. The summed E-state index contributed by atoms with van der Waals surface area (Å²) in [6, 6.07) is 11.5. The van der Waals surface area contributed by atoms with E-state index in [0.717, 1.165) is 5.56 Å². The van der Waals surface area contributed by atoms with Crippen molar-refractivity contribution in [2.75, 3.05) is 0 Å². The first-order valence-electron chi connectivity index (χ1n) is 9.08. The van der Waals surface area contributed by atoms with Crippen LogP contribution in [0.15, 0.2) is 48.7 Å². The largest absolute Gasteiger partial charge is 0.480 e. The molecule has 1 atom stereocenters. The number of rotatable bonds is 5. The second-order valence-electron chi connectivity index (χ2n) is 7.58. The lowest BCUT2D eigenvalue weighted by Gasteiger charge is -2.22. The van der Waals surface area contributed by atoms with Gasteiger partial charge in [-0.25, -0.2) is 14.6 Å². The third kappa shape index (κ3) is 5.06. The number of hydrogen-bond acceptors (Lipinski definition) is 4. The molecule has 0 saturated carbocycles. The van der Waals surface area contributed by atoms with Gasteiger partial charge in [-0.1, -0.05) is 29.8 Å². The predicted octanol–water partition coefficient (Wildman–Crippen LogP) is 4.18. The SMILES string of the molecule is CC(C)(C)OC(=O)NC(Cc1c(-c2ccc(Cl)cc2)nc2ccccn12)C(=O)O. The second-order valence-corrected chi connectivity index (χ2v) is 8.02. The molecule has 7 nitrogen and oxygen atoms in total. The Bertz CT molecular complexity index is 1040. The van der Waals surface area contributed by atoms with Gasteiger partial charge in [0.1, 0.15) is 17.3 Å². The van der Waals surface area contributed by atoms with E-state index in [-0.39, 0.29) is 6.42 Å². The lowest BCUT2D eigenvalue weighted by atomic mass is 10.0. The molecule has 0 radical (unpaired) electrons. The summed E-state index contributed by atoms with van der Waals surface area (Å²) in [5.41, 5.74) is 2.03. The van der Waals surface area contributed by atoms with Crippen LogP contribution in [0.1, 0.15) is 26.5 Å². The van der Waals surface area contributed by atoms with Crippen LogP contribution in [-0.2, 0) is 16.0 Å². The fraction of sp³-hybridized carbons (Fsp3) is 0.286. The molecule has 0 aliphatic carbocycles. The Morgan fingerprint density at radius 3 is 2.52 bits per heavy atom. The Morgan fingerprint density at radius 2 is 1.90 bits per heavy atom. The molecule has 0 aliphatic rings. The highest BCUT2D eigenvalue weighted by atomic mass is 35.5. The minimum absolute atomic E-state index is 0.0255. The van der Waals surface area contributed by atoms with Gasteiger partial charge in [0, 0.05) is 23.2 Å². The van der Waals surface area contributed by atoms with Gasteiger partial charge in [-0.2, -0.15) is 0 Å². The zero-order valence-corrected chi connectivity index (χ0v) is 17.1. The molecule has 1 amide bonds. The Morgan fingerprint density at radius 1 is 1.21 bits per heavy atom. The minimum atomic E-state index is -1.18. The number of benzene rings is 1. The van der Waals surface area contributed by atoms with Crippen molar-refractivity contribution in [2.24, 2.45) is 0 Å². The molecule has 3 rings (SSSR count). The van der Waals surface area contributed by atoms with Crippen molar-refractivity contribution in [2.45, 2.75) is 38.8 Å². The van der Waals surface area contributed by atoms with Crippen molar-refractivity contribution in [1.82, 2.24) is 14.7 Å². The monoisotopic (exact) mass is 415 g/mol. The van der Waals surface area contributed by atoms with Crippen molar-refractivity contribution >= 4 is 29.3 Å². The van der Waals surface area contributed by atoms with Gasteiger partial charge in [0.05, 0.1) is 11.4 Å². The molecular formula is C21H22ClN3O4. The molecule has 1 unspecified atom stereocenters. The number of hydrogen-bond donors (Lipinski definition) is 2. The second kappa shape index (κ2) is 8.13. The molecule has 0 aliphatic heterocycles. The van der Waals surface area contributed by atoms with Crippen LogP contribution in [0.4, 0.5) is 4.79 Å². The highest BCUT2D eigenvalue weighted by Crippen LogP contribution is 2.27. The number of carbonyl (C=O) groups excluding carboxylic acids is 1. The van der Waals surface area contributed by atoms with E-state index in [4.69, 9.17) is 16.3 Å². The Balaban J connectivity index is 1.98. The van der Waals surface area contributed by atoms with Gasteiger partial charge < -0.3 is 19.6 Å². The van der Waals surface area contributed by atoms with E-state index in [9.17, 15) is 14.7 Å². The van der Waals surface area contributed by atoms with Gasteiger partial charge in [0.2, 0.25) is 0 Å². The molecule has 3 aromatic rings. The Labute approximate surface area is 173 Å². The summed E-state index contributed by atoms with van der Waals surface area (Å²) in [4.78, 5) is 28.6. The lowest BCUT2D eigenvalue weighted by Crippen LogP contribution is -2.44. The number of alkyl carbamates (subject to hydrolysis) is 1. The molecule has 0 fully saturated rings. The summed E-state index contributed by atoms with van der Waals surface area (Å²) in [6.45, 7) is 5.14. The molecule has 2 N–H and O–H groups in total. The minimum Gasteiger partial charge on any atom is -0.480 e. The molecule has 8 heteroatoms. The van der Waals surface area contributed by atoms with Crippen LogP contribution < -0.4 is 5.32 Å². The molecular weight excluding hydrogens is 394 g/mol. The predicted molar refractivity (Wildman–Crippen MR) is 110 cm³/mol. The van der Waals surface area contributed by atoms with E-state index in [0.29, 0.717) is 22.1 Å². The fourth-order valence-electron chi connectivity index (χ4n) is 2.92.